The van der Waals surface area contributed by atoms with Crippen LogP contribution in [0.15, 0.2) is 12.3 Å². The highest BCUT2D eigenvalue weighted by atomic mass is 19.1. The van der Waals surface area contributed by atoms with E-state index in [1.54, 1.807) is 0 Å². The third-order valence-corrected chi connectivity index (χ3v) is 3.21. The zero-order valence-electron chi connectivity index (χ0n) is 10.7. The summed E-state index contributed by atoms with van der Waals surface area (Å²) in [6, 6.07) is 1.46. The van der Waals surface area contributed by atoms with Crippen molar-refractivity contribution in [2.45, 2.75) is 32.7 Å². The molecule has 1 aliphatic rings. The van der Waals surface area contributed by atoms with E-state index in [2.05, 4.69) is 22.5 Å². The lowest BCUT2D eigenvalue weighted by atomic mass is 10.2. The first-order valence-corrected chi connectivity index (χ1v) is 6.36. The standard InChI is InChI=1S/C13H18FN3O/c1-3-8-5-11(8)17-13(18)10-6-9(14)7-16-12(10)15-4-2/h6-8,11H,3-5H2,1-2H3,(H,15,16)(H,17,18). The molecule has 98 valence electrons. The summed E-state index contributed by atoms with van der Waals surface area (Å²) in [5.41, 5.74) is 0.276. The molecule has 0 aromatic carbocycles. The Hall–Kier alpha value is -1.65. The smallest absolute Gasteiger partial charge is 0.255 e. The molecule has 4 nitrogen and oxygen atoms in total. The number of aromatic nitrogens is 1. The second-order valence-corrected chi connectivity index (χ2v) is 4.56. The summed E-state index contributed by atoms with van der Waals surface area (Å²) in [6.07, 6.45) is 3.19. The van der Waals surface area contributed by atoms with Crippen molar-refractivity contribution in [3.63, 3.8) is 0 Å². The maximum Gasteiger partial charge on any atom is 0.255 e. The van der Waals surface area contributed by atoms with Gasteiger partial charge < -0.3 is 10.6 Å². The second kappa shape index (κ2) is 5.33. The molecule has 1 heterocycles. The molecule has 0 saturated heterocycles. The topological polar surface area (TPSA) is 54.0 Å². The van der Waals surface area contributed by atoms with E-state index in [4.69, 9.17) is 0 Å². The number of amides is 1. The molecule has 1 amide bonds. The van der Waals surface area contributed by atoms with Crippen LogP contribution in [0.4, 0.5) is 10.2 Å². The Balaban J connectivity index is 2.10. The van der Waals surface area contributed by atoms with E-state index in [0.29, 0.717) is 18.3 Å². The molecule has 1 fully saturated rings. The first kappa shape index (κ1) is 12.8. The molecule has 0 aliphatic heterocycles. The summed E-state index contributed by atoms with van der Waals surface area (Å²) in [5, 5.41) is 5.88. The molecular weight excluding hydrogens is 233 g/mol. The molecule has 18 heavy (non-hydrogen) atoms. The minimum Gasteiger partial charge on any atom is -0.370 e. The monoisotopic (exact) mass is 251 g/mol. The van der Waals surface area contributed by atoms with Crippen LogP contribution in [-0.4, -0.2) is 23.5 Å². The van der Waals surface area contributed by atoms with Gasteiger partial charge in [0, 0.05) is 12.6 Å². The Kier molecular flexibility index (Phi) is 3.79. The molecule has 1 aliphatic carbocycles. The molecule has 0 spiro atoms. The van der Waals surface area contributed by atoms with Crippen molar-refractivity contribution < 1.29 is 9.18 Å². The van der Waals surface area contributed by atoms with Gasteiger partial charge in [0.15, 0.2) is 0 Å². The van der Waals surface area contributed by atoms with Gasteiger partial charge in [-0.2, -0.15) is 0 Å². The van der Waals surface area contributed by atoms with Crippen LogP contribution in [0.25, 0.3) is 0 Å². The molecule has 2 atom stereocenters. The van der Waals surface area contributed by atoms with Crippen molar-refractivity contribution in [2.24, 2.45) is 5.92 Å². The first-order valence-electron chi connectivity index (χ1n) is 6.36. The summed E-state index contributed by atoms with van der Waals surface area (Å²) in [6.45, 7) is 4.64. The third-order valence-electron chi connectivity index (χ3n) is 3.21. The van der Waals surface area contributed by atoms with Gasteiger partial charge in [0.2, 0.25) is 0 Å². The Morgan fingerprint density at radius 2 is 2.33 bits per heavy atom. The summed E-state index contributed by atoms with van der Waals surface area (Å²) in [7, 11) is 0. The van der Waals surface area contributed by atoms with Crippen LogP contribution in [0, 0.1) is 11.7 Å². The first-order chi connectivity index (χ1) is 8.65. The van der Waals surface area contributed by atoms with E-state index in [-0.39, 0.29) is 17.5 Å². The summed E-state index contributed by atoms with van der Waals surface area (Å²) in [4.78, 5) is 16.0. The van der Waals surface area contributed by atoms with E-state index in [0.717, 1.165) is 19.0 Å². The molecule has 5 heteroatoms. The van der Waals surface area contributed by atoms with Gasteiger partial charge in [0.1, 0.15) is 11.6 Å². The number of carbonyl (C=O) groups is 1. The van der Waals surface area contributed by atoms with Crippen molar-refractivity contribution >= 4 is 11.7 Å². The fourth-order valence-corrected chi connectivity index (χ4v) is 2.04. The Labute approximate surface area is 106 Å². The SMILES string of the molecule is CCNc1ncc(F)cc1C(=O)NC1CC1CC. The molecule has 1 aromatic heterocycles. The van der Waals surface area contributed by atoms with Crippen molar-refractivity contribution in [3.05, 3.63) is 23.6 Å². The van der Waals surface area contributed by atoms with E-state index in [1.165, 1.54) is 6.07 Å². The van der Waals surface area contributed by atoms with Gasteiger partial charge in [-0.1, -0.05) is 13.3 Å². The predicted octanol–water partition coefficient (Wildman–Crippen LogP) is 2.18. The summed E-state index contributed by atoms with van der Waals surface area (Å²) >= 11 is 0. The van der Waals surface area contributed by atoms with Crippen LogP contribution in [-0.2, 0) is 0 Å². The number of hydrogen-bond donors (Lipinski definition) is 2. The number of rotatable bonds is 5. The van der Waals surface area contributed by atoms with Crippen molar-refractivity contribution in [1.29, 1.82) is 0 Å². The van der Waals surface area contributed by atoms with Gasteiger partial charge in [-0.05, 0) is 25.3 Å². The number of nitrogens with one attached hydrogen (secondary N) is 2. The van der Waals surface area contributed by atoms with Gasteiger partial charge in [-0.15, -0.1) is 0 Å². The number of pyridine rings is 1. The van der Waals surface area contributed by atoms with Crippen LogP contribution >= 0.6 is 0 Å². The minimum absolute atomic E-state index is 0.236. The van der Waals surface area contributed by atoms with Gasteiger partial charge in [-0.3, -0.25) is 4.79 Å². The number of carbonyl (C=O) groups excluding carboxylic acids is 1. The Morgan fingerprint density at radius 3 is 2.94 bits per heavy atom. The zero-order chi connectivity index (χ0) is 13.1. The Morgan fingerprint density at radius 1 is 1.56 bits per heavy atom. The van der Waals surface area contributed by atoms with Gasteiger partial charge in [0.25, 0.3) is 5.91 Å². The number of hydrogen-bond acceptors (Lipinski definition) is 3. The molecule has 1 saturated carbocycles. The van der Waals surface area contributed by atoms with Crippen LogP contribution in [0.3, 0.4) is 0 Å². The highest BCUT2D eigenvalue weighted by Gasteiger charge is 2.36. The maximum atomic E-state index is 13.2. The highest BCUT2D eigenvalue weighted by molar-refractivity contribution is 5.99. The van der Waals surface area contributed by atoms with E-state index >= 15 is 0 Å². The van der Waals surface area contributed by atoms with Gasteiger partial charge in [-0.25, -0.2) is 9.37 Å². The van der Waals surface area contributed by atoms with E-state index in [1.807, 2.05) is 6.92 Å². The van der Waals surface area contributed by atoms with E-state index < -0.39 is 5.82 Å². The Bertz CT molecular complexity index is 450. The fourth-order valence-electron chi connectivity index (χ4n) is 2.04. The van der Waals surface area contributed by atoms with Crippen molar-refractivity contribution in [1.82, 2.24) is 10.3 Å². The molecule has 2 unspecified atom stereocenters. The zero-order valence-corrected chi connectivity index (χ0v) is 10.7. The van der Waals surface area contributed by atoms with Gasteiger partial charge in [0.05, 0.1) is 11.8 Å². The molecule has 0 bridgehead atoms. The molecule has 2 rings (SSSR count). The van der Waals surface area contributed by atoms with E-state index in [9.17, 15) is 9.18 Å². The minimum atomic E-state index is -0.496. The lowest BCUT2D eigenvalue weighted by Crippen LogP contribution is -2.28. The molecule has 0 radical (unpaired) electrons. The summed E-state index contributed by atoms with van der Waals surface area (Å²) in [5.74, 6) is 0.256. The van der Waals surface area contributed by atoms with Crippen molar-refractivity contribution in [3.8, 4) is 0 Å². The highest BCUT2D eigenvalue weighted by Crippen LogP contribution is 2.33. The average Bonchev–Trinajstić information content (AvgIpc) is 3.10. The predicted molar refractivity (Wildman–Crippen MR) is 68.0 cm³/mol. The van der Waals surface area contributed by atoms with Crippen LogP contribution in [0.1, 0.15) is 37.0 Å². The number of nitrogens with zero attached hydrogens (tertiary/aromatic N) is 1. The quantitative estimate of drug-likeness (QED) is 0.843. The normalized spacial score (nSPS) is 21.5. The van der Waals surface area contributed by atoms with Crippen LogP contribution < -0.4 is 10.6 Å². The maximum absolute atomic E-state index is 13.2. The van der Waals surface area contributed by atoms with Crippen molar-refractivity contribution in [2.75, 3.05) is 11.9 Å². The fraction of sp³-hybridized carbons (Fsp3) is 0.538. The average molecular weight is 251 g/mol. The lowest BCUT2D eigenvalue weighted by Gasteiger charge is -2.10. The summed E-state index contributed by atoms with van der Waals surface area (Å²) < 4.78 is 13.2. The second-order valence-electron chi connectivity index (χ2n) is 4.56. The molecule has 1 aromatic rings. The lowest BCUT2D eigenvalue weighted by molar-refractivity contribution is 0.0949. The molecule has 2 N–H and O–H groups in total. The molecular formula is C13H18FN3O. The van der Waals surface area contributed by atoms with Crippen LogP contribution in [0.5, 0.6) is 0 Å². The van der Waals surface area contributed by atoms with Crippen LogP contribution in [0.2, 0.25) is 0 Å². The number of halogens is 1. The largest absolute Gasteiger partial charge is 0.370 e. The third kappa shape index (κ3) is 2.78. The number of anilines is 1. The van der Waals surface area contributed by atoms with Gasteiger partial charge >= 0.3 is 0 Å².